The molecular formula is C15H12ClN3O3. The van der Waals surface area contributed by atoms with Crippen molar-refractivity contribution in [1.82, 2.24) is 14.8 Å². The monoisotopic (exact) mass is 317 g/mol. The Hall–Kier alpha value is -2.44. The predicted octanol–water partition coefficient (Wildman–Crippen LogP) is 2.92. The highest BCUT2D eigenvalue weighted by molar-refractivity contribution is 6.31. The van der Waals surface area contributed by atoms with Gasteiger partial charge < -0.3 is 9.84 Å². The van der Waals surface area contributed by atoms with Gasteiger partial charge in [-0.1, -0.05) is 11.6 Å². The zero-order valence-electron chi connectivity index (χ0n) is 11.7. The minimum Gasteiger partial charge on any atom is -0.478 e. The number of methoxy groups -OCH3 is 1. The van der Waals surface area contributed by atoms with Crippen LogP contribution in [0.15, 0.2) is 36.7 Å². The van der Waals surface area contributed by atoms with Gasteiger partial charge in [0, 0.05) is 23.7 Å². The number of carboxylic acid groups (broad SMARTS) is 1. The van der Waals surface area contributed by atoms with Crippen molar-refractivity contribution in [2.45, 2.75) is 6.61 Å². The molecule has 0 aliphatic rings. The number of benzene rings is 1. The molecule has 0 spiro atoms. The second kappa shape index (κ2) is 5.75. The van der Waals surface area contributed by atoms with Gasteiger partial charge in [-0.15, -0.1) is 0 Å². The summed E-state index contributed by atoms with van der Waals surface area (Å²) in [5.74, 6) is -1.04. The van der Waals surface area contributed by atoms with Crippen LogP contribution in [-0.2, 0) is 11.3 Å². The third-order valence-corrected chi connectivity index (χ3v) is 3.53. The second-order valence-electron chi connectivity index (χ2n) is 4.65. The van der Waals surface area contributed by atoms with Gasteiger partial charge in [0.1, 0.15) is 5.56 Å². The van der Waals surface area contributed by atoms with Crippen molar-refractivity contribution in [3.63, 3.8) is 0 Å². The summed E-state index contributed by atoms with van der Waals surface area (Å²) in [7, 11) is 1.51. The van der Waals surface area contributed by atoms with Crippen molar-refractivity contribution in [2.24, 2.45) is 0 Å². The highest BCUT2D eigenvalue weighted by atomic mass is 35.5. The quantitative estimate of drug-likeness (QED) is 0.800. The normalized spacial score (nSPS) is 11.0. The van der Waals surface area contributed by atoms with Gasteiger partial charge in [-0.25, -0.2) is 9.48 Å². The first-order valence-corrected chi connectivity index (χ1v) is 6.83. The van der Waals surface area contributed by atoms with E-state index in [1.54, 1.807) is 29.1 Å². The van der Waals surface area contributed by atoms with Crippen LogP contribution < -0.4 is 0 Å². The van der Waals surface area contributed by atoms with Crippen molar-refractivity contribution >= 4 is 28.5 Å². The standard InChI is InChI=1S/C15H12ClN3O3/c1-22-8-14-11(15(20)21)7-18-19(14)13-4-5-17-12-6-9(16)2-3-10(12)13/h2-7H,8H2,1H3,(H,20,21). The van der Waals surface area contributed by atoms with Crippen LogP contribution in [0.4, 0.5) is 0 Å². The molecule has 0 fully saturated rings. The number of hydrogen-bond donors (Lipinski definition) is 1. The number of nitrogens with zero attached hydrogens (tertiary/aromatic N) is 3. The Morgan fingerprint density at radius 2 is 2.23 bits per heavy atom. The third-order valence-electron chi connectivity index (χ3n) is 3.29. The van der Waals surface area contributed by atoms with E-state index in [4.69, 9.17) is 16.3 Å². The molecule has 2 aromatic heterocycles. The number of ether oxygens (including phenoxy) is 1. The Morgan fingerprint density at radius 3 is 2.95 bits per heavy atom. The molecule has 0 saturated carbocycles. The number of rotatable bonds is 4. The van der Waals surface area contributed by atoms with Gasteiger partial charge in [0.15, 0.2) is 0 Å². The first kappa shape index (κ1) is 14.5. The molecule has 112 valence electrons. The SMILES string of the molecule is COCc1c(C(=O)O)cnn1-c1ccnc2cc(Cl)ccc12. The summed E-state index contributed by atoms with van der Waals surface area (Å²) in [5, 5.41) is 14.9. The molecule has 0 aliphatic heterocycles. The maximum absolute atomic E-state index is 11.3. The van der Waals surface area contributed by atoms with Crippen LogP contribution >= 0.6 is 11.6 Å². The van der Waals surface area contributed by atoms with Crippen LogP contribution in [0.25, 0.3) is 16.6 Å². The average molecular weight is 318 g/mol. The lowest BCUT2D eigenvalue weighted by atomic mass is 10.2. The summed E-state index contributed by atoms with van der Waals surface area (Å²) in [6, 6.07) is 7.11. The van der Waals surface area contributed by atoms with Gasteiger partial charge in [0.2, 0.25) is 0 Å². The Balaban J connectivity index is 2.25. The van der Waals surface area contributed by atoms with Crippen LogP contribution in [-0.4, -0.2) is 33.0 Å². The molecule has 0 radical (unpaired) electrons. The van der Waals surface area contributed by atoms with Crippen LogP contribution in [0.2, 0.25) is 5.02 Å². The van der Waals surface area contributed by atoms with Crippen molar-refractivity contribution < 1.29 is 14.6 Å². The van der Waals surface area contributed by atoms with Gasteiger partial charge >= 0.3 is 5.97 Å². The molecule has 2 heterocycles. The van der Waals surface area contributed by atoms with Crippen molar-refractivity contribution in [2.75, 3.05) is 7.11 Å². The molecule has 0 saturated heterocycles. The number of fused-ring (bicyclic) bond motifs is 1. The number of pyridine rings is 1. The summed E-state index contributed by atoms with van der Waals surface area (Å²) in [4.78, 5) is 15.6. The number of halogens is 1. The minimum atomic E-state index is -1.04. The Morgan fingerprint density at radius 1 is 1.41 bits per heavy atom. The number of carboxylic acids is 1. The molecule has 0 unspecified atom stereocenters. The summed E-state index contributed by atoms with van der Waals surface area (Å²) >= 11 is 5.98. The van der Waals surface area contributed by atoms with E-state index >= 15 is 0 Å². The van der Waals surface area contributed by atoms with Crippen molar-refractivity contribution in [3.8, 4) is 5.69 Å². The Labute approximate surface area is 130 Å². The summed E-state index contributed by atoms with van der Waals surface area (Å²) < 4.78 is 6.67. The lowest BCUT2D eigenvalue weighted by Crippen LogP contribution is -2.08. The maximum atomic E-state index is 11.3. The summed E-state index contributed by atoms with van der Waals surface area (Å²) in [5.41, 5.74) is 2.01. The molecule has 7 heteroatoms. The molecule has 3 rings (SSSR count). The van der Waals surface area contributed by atoms with Crippen LogP contribution in [0, 0.1) is 0 Å². The molecule has 3 aromatic rings. The van der Waals surface area contributed by atoms with E-state index in [2.05, 4.69) is 10.1 Å². The number of aromatic carboxylic acids is 1. The Kier molecular flexibility index (Phi) is 3.79. The lowest BCUT2D eigenvalue weighted by molar-refractivity contribution is 0.0691. The van der Waals surface area contributed by atoms with Crippen molar-refractivity contribution in [3.05, 3.63) is 52.9 Å². The van der Waals surface area contributed by atoms with E-state index in [9.17, 15) is 9.90 Å². The summed E-state index contributed by atoms with van der Waals surface area (Å²) in [6.45, 7) is 0.138. The van der Waals surface area contributed by atoms with Crippen molar-refractivity contribution in [1.29, 1.82) is 0 Å². The number of hydrogen-bond acceptors (Lipinski definition) is 4. The third kappa shape index (κ3) is 2.43. The number of aromatic nitrogens is 3. The van der Waals surface area contributed by atoms with E-state index in [-0.39, 0.29) is 12.2 Å². The molecule has 22 heavy (non-hydrogen) atoms. The zero-order valence-corrected chi connectivity index (χ0v) is 12.4. The van der Waals surface area contributed by atoms with Crippen LogP contribution in [0.5, 0.6) is 0 Å². The molecule has 1 aromatic carbocycles. The fourth-order valence-electron chi connectivity index (χ4n) is 2.33. The molecule has 0 bridgehead atoms. The highest BCUT2D eigenvalue weighted by Crippen LogP contribution is 2.25. The zero-order chi connectivity index (χ0) is 15.7. The topological polar surface area (TPSA) is 77.2 Å². The molecule has 6 nitrogen and oxygen atoms in total. The molecule has 0 aliphatic carbocycles. The lowest BCUT2D eigenvalue weighted by Gasteiger charge is -2.10. The van der Waals surface area contributed by atoms with Crippen LogP contribution in [0.1, 0.15) is 16.1 Å². The summed E-state index contributed by atoms with van der Waals surface area (Å²) in [6.07, 6.45) is 2.95. The molecular weight excluding hydrogens is 306 g/mol. The van der Waals surface area contributed by atoms with E-state index < -0.39 is 5.97 Å². The van der Waals surface area contributed by atoms with Gasteiger partial charge in [0.05, 0.1) is 29.7 Å². The fourth-order valence-corrected chi connectivity index (χ4v) is 2.49. The first-order chi connectivity index (χ1) is 10.6. The maximum Gasteiger partial charge on any atom is 0.339 e. The molecule has 1 N–H and O–H groups in total. The average Bonchev–Trinajstić information content (AvgIpc) is 2.90. The fraction of sp³-hybridized carbons (Fsp3) is 0.133. The van der Waals surface area contributed by atoms with Gasteiger partial charge in [-0.2, -0.15) is 5.10 Å². The molecule has 0 amide bonds. The number of carbonyl (C=O) groups is 1. The highest BCUT2D eigenvalue weighted by Gasteiger charge is 2.18. The molecule has 0 atom stereocenters. The second-order valence-corrected chi connectivity index (χ2v) is 5.08. The van der Waals surface area contributed by atoms with Crippen LogP contribution in [0.3, 0.4) is 0 Å². The minimum absolute atomic E-state index is 0.112. The van der Waals surface area contributed by atoms with E-state index in [1.165, 1.54) is 13.3 Å². The van der Waals surface area contributed by atoms with Gasteiger partial charge in [0.25, 0.3) is 0 Å². The largest absolute Gasteiger partial charge is 0.478 e. The van der Waals surface area contributed by atoms with Gasteiger partial charge in [-0.3, -0.25) is 4.98 Å². The van der Waals surface area contributed by atoms with E-state index in [1.807, 2.05) is 6.07 Å². The predicted molar refractivity (Wildman–Crippen MR) is 81.5 cm³/mol. The Bertz CT molecular complexity index is 860. The van der Waals surface area contributed by atoms with Gasteiger partial charge in [-0.05, 0) is 24.3 Å². The first-order valence-electron chi connectivity index (χ1n) is 6.45. The van der Waals surface area contributed by atoms with E-state index in [0.717, 1.165) is 11.1 Å². The smallest absolute Gasteiger partial charge is 0.339 e. The van der Waals surface area contributed by atoms with E-state index in [0.29, 0.717) is 16.2 Å².